The van der Waals surface area contributed by atoms with E-state index in [-0.39, 0.29) is 12.5 Å². The second-order valence-electron chi connectivity index (χ2n) is 2.57. The first-order valence-electron chi connectivity index (χ1n) is 3.80. The summed E-state index contributed by atoms with van der Waals surface area (Å²) in [5.41, 5.74) is 5.43. The lowest BCUT2D eigenvalue weighted by molar-refractivity contribution is -0.118. The minimum Gasteiger partial charge on any atom is -0.368 e. The van der Waals surface area contributed by atoms with E-state index in [1.807, 2.05) is 0 Å². The molecule has 0 saturated heterocycles. The number of amides is 2. The van der Waals surface area contributed by atoms with E-state index in [0.717, 1.165) is 0 Å². The van der Waals surface area contributed by atoms with Crippen molar-refractivity contribution in [1.82, 2.24) is 9.88 Å². The molecule has 5 heteroatoms. The number of primary amides is 1. The summed E-state index contributed by atoms with van der Waals surface area (Å²) in [6.07, 6.45) is 1.63. The molecule has 2 amide bonds. The van der Waals surface area contributed by atoms with E-state index in [1.165, 1.54) is 11.6 Å². The van der Waals surface area contributed by atoms with Gasteiger partial charge in [-0.25, -0.2) is 0 Å². The van der Waals surface area contributed by atoms with E-state index >= 15 is 0 Å². The number of carbonyl (C=O) groups excluding carboxylic acids is 2. The Morgan fingerprint density at radius 3 is 2.85 bits per heavy atom. The van der Waals surface area contributed by atoms with Gasteiger partial charge in [-0.3, -0.25) is 9.59 Å². The van der Waals surface area contributed by atoms with E-state index < -0.39 is 5.91 Å². The average molecular weight is 181 g/mol. The number of rotatable bonds is 3. The zero-order valence-electron chi connectivity index (χ0n) is 7.28. The Balaban J connectivity index is 2.89. The van der Waals surface area contributed by atoms with Crippen LogP contribution in [0, 0.1) is 0 Å². The van der Waals surface area contributed by atoms with Crippen LogP contribution in [0.3, 0.4) is 0 Å². The SMILES string of the molecule is CNC(=O)c1cccn1CC(N)=O. The summed E-state index contributed by atoms with van der Waals surface area (Å²) < 4.78 is 1.50. The smallest absolute Gasteiger partial charge is 0.267 e. The van der Waals surface area contributed by atoms with Crippen LogP contribution in [0.25, 0.3) is 0 Å². The summed E-state index contributed by atoms with van der Waals surface area (Å²) in [6.45, 7) is 0.0236. The van der Waals surface area contributed by atoms with Crippen LogP contribution in [0.4, 0.5) is 0 Å². The standard InChI is InChI=1S/C8H11N3O2/c1-10-8(13)6-3-2-4-11(6)5-7(9)12/h2-4H,5H2,1H3,(H2,9,12)(H,10,13). The molecule has 0 fully saturated rings. The van der Waals surface area contributed by atoms with Crippen LogP contribution in [0.15, 0.2) is 18.3 Å². The quantitative estimate of drug-likeness (QED) is 0.649. The fourth-order valence-electron chi connectivity index (χ4n) is 1.05. The van der Waals surface area contributed by atoms with Crippen molar-refractivity contribution in [3.8, 4) is 0 Å². The van der Waals surface area contributed by atoms with Crippen molar-refractivity contribution >= 4 is 11.8 Å². The molecule has 13 heavy (non-hydrogen) atoms. The van der Waals surface area contributed by atoms with Gasteiger partial charge in [0.1, 0.15) is 12.2 Å². The van der Waals surface area contributed by atoms with Crippen molar-refractivity contribution in [3.63, 3.8) is 0 Å². The highest BCUT2D eigenvalue weighted by atomic mass is 16.2. The molecular formula is C8H11N3O2. The van der Waals surface area contributed by atoms with E-state index in [2.05, 4.69) is 5.32 Å². The zero-order chi connectivity index (χ0) is 9.84. The molecule has 3 N–H and O–H groups in total. The highest BCUT2D eigenvalue weighted by molar-refractivity contribution is 5.93. The molecule has 1 rings (SSSR count). The summed E-state index contributed by atoms with van der Waals surface area (Å²) in [5, 5.41) is 2.47. The number of hydrogen-bond acceptors (Lipinski definition) is 2. The highest BCUT2D eigenvalue weighted by Crippen LogP contribution is 2.01. The molecule has 1 heterocycles. The van der Waals surface area contributed by atoms with Gasteiger partial charge in [0.25, 0.3) is 5.91 Å². The maximum absolute atomic E-state index is 11.2. The van der Waals surface area contributed by atoms with Crippen LogP contribution in [0.5, 0.6) is 0 Å². The number of nitrogens with one attached hydrogen (secondary N) is 1. The van der Waals surface area contributed by atoms with Gasteiger partial charge in [0.15, 0.2) is 0 Å². The number of hydrogen-bond donors (Lipinski definition) is 2. The Bertz CT molecular complexity index is 330. The molecule has 5 nitrogen and oxygen atoms in total. The summed E-state index contributed by atoms with van der Waals surface area (Å²) in [5.74, 6) is -0.701. The van der Waals surface area contributed by atoms with Gasteiger partial charge in [0, 0.05) is 13.2 Å². The Labute approximate surface area is 75.5 Å². The lowest BCUT2D eigenvalue weighted by Crippen LogP contribution is -2.25. The first-order valence-corrected chi connectivity index (χ1v) is 3.80. The molecule has 1 aromatic heterocycles. The number of nitrogens with zero attached hydrogens (tertiary/aromatic N) is 1. The van der Waals surface area contributed by atoms with E-state index in [1.54, 1.807) is 18.3 Å². The first-order chi connectivity index (χ1) is 6.15. The summed E-state index contributed by atoms with van der Waals surface area (Å²) in [6, 6.07) is 3.31. The molecule has 0 aromatic carbocycles. The van der Waals surface area contributed by atoms with Gasteiger partial charge in [-0.05, 0) is 12.1 Å². The Kier molecular flexibility index (Phi) is 2.69. The molecule has 0 unspecified atom stereocenters. The Hall–Kier alpha value is -1.78. The predicted molar refractivity (Wildman–Crippen MR) is 47.0 cm³/mol. The predicted octanol–water partition coefficient (Wildman–Crippen LogP) is -0.667. The third-order valence-corrected chi connectivity index (χ3v) is 1.62. The fourth-order valence-corrected chi connectivity index (χ4v) is 1.05. The van der Waals surface area contributed by atoms with Crippen molar-refractivity contribution < 1.29 is 9.59 Å². The Morgan fingerprint density at radius 2 is 2.31 bits per heavy atom. The maximum atomic E-state index is 11.2. The van der Waals surface area contributed by atoms with Gasteiger partial charge in [0.05, 0.1) is 0 Å². The number of aromatic nitrogens is 1. The molecule has 0 atom stereocenters. The van der Waals surface area contributed by atoms with E-state index in [4.69, 9.17) is 5.73 Å². The van der Waals surface area contributed by atoms with Crippen LogP contribution in [0.1, 0.15) is 10.5 Å². The highest BCUT2D eigenvalue weighted by Gasteiger charge is 2.09. The van der Waals surface area contributed by atoms with Crippen molar-refractivity contribution in [1.29, 1.82) is 0 Å². The molecule has 0 aliphatic heterocycles. The average Bonchev–Trinajstić information content (AvgIpc) is 2.50. The molecule has 70 valence electrons. The van der Waals surface area contributed by atoms with Crippen molar-refractivity contribution in [3.05, 3.63) is 24.0 Å². The molecule has 0 spiro atoms. The Morgan fingerprint density at radius 1 is 1.62 bits per heavy atom. The number of nitrogens with two attached hydrogens (primary N) is 1. The molecular weight excluding hydrogens is 170 g/mol. The monoisotopic (exact) mass is 181 g/mol. The molecule has 0 radical (unpaired) electrons. The second kappa shape index (κ2) is 3.75. The van der Waals surface area contributed by atoms with Crippen LogP contribution in [0.2, 0.25) is 0 Å². The first kappa shape index (κ1) is 9.31. The minimum atomic E-state index is -0.471. The van der Waals surface area contributed by atoms with Gasteiger partial charge in [0.2, 0.25) is 5.91 Å². The summed E-state index contributed by atoms with van der Waals surface area (Å²) in [7, 11) is 1.53. The van der Waals surface area contributed by atoms with Gasteiger partial charge in [-0.15, -0.1) is 0 Å². The van der Waals surface area contributed by atoms with Crippen molar-refractivity contribution in [2.45, 2.75) is 6.54 Å². The second-order valence-corrected chi connectivity index (χ2v) is 2.57. The molecule has 0 bridgehead atoms. The molecule has 0 aliphatic rings. The maximum Gasteiger partial charge on any atom is 0.267 e. The molecule has 0 saturated carbocycles. The minimum absolute atomic E-state index is 0.0236. The molecule has 0 aliphatic carbocycles. The zero-order valence-corrected chi connectivity index (χ0v) is 7.28. The molecule has 1 aromatic rings. The van der Waals surface area contributed by atoms with E-state index in [9.17, 15) is 9.59 Å². The fraction of sp³-hybridized carbons (Fsp3) is 0.250. The van der Waals surface area contributed by atoms with Crippen LogP contribution in [-0.4, -0.2) is 23.4 Å². The topological polar surface area (TPSA) is 77.1 Å². The third kappa shape index (κ3) is 2.08. The lowest BCUT2D eigenvalue weighted by atomic mass is 10.4. The number of carbonyl (C=O) groups is 2. The summed E-state index contributed by atoms with van der Waals surface area (Å²) in [4.78, 5) is 21.8. The van der Waals surface area contributed by atoms with Crippen molar-refractivity contribution in [2.24, 2.45) is 5.73 Å². The van der Waals surface area contributed by atoms with Gasteiger partial charge in [-0.1, -0.05) is 0 Å². The van der Waals surface area contributed by atoms with Gasteiger partial charge < -0.3 is 15.6 Å². The van der Waals surface area contributed by atoms with E-state index in [0.29, 0.717) is 5.69 Å². The third-order valence-electron chi connectivity index (χ3n) is 1.62. The lowest BCUT2D eigenvalue weighted by Gasteiger charge is -2.04. The van der Waals surface area contributed by atoms with Gasteiger partial charge in [-0.2, -0.15) is 0 Å². The summed E-state index contributed by atoms with van der Waals surface area (Å²) >= 11 is 0. The van der Waals surface area contributed by atoms with Crippen LogP contribution in [-0.2, 0) is 11.3 Å². The van der Waals surface area contributed by atoms with Crippen molar-refractivity contribution in [2.75, 3.05) is 7.05 Å². The largest absolute Gasteiger partial charge is 0.368 e. The van der Waals surface area contributed by atoms with Gasteiger partial charge >= 0.3 is 0 Å². The van der Waals surface area contributed by atoms with Crippen LogP contribution < -0.4 is 11.1 Å². The normalized spacial score (nSPS) is 9.62. The van der Waals surface area contributed by atoms with Crippen LogP contribution >= 0.6 is 0 Å².